The first-order valence-corrected chi connectivity index (χ1v) is 6.74. The van der Waals surface area contributed by atoms with Crippen LogP contribution in [0.5, 0.6) is 0 Å². The number of nitrogens with zero attached hydrogens (tertiary/aromatic N) is 2. The van der Waals surface area contributed by atoms with Gasteiger partial charge in [0.2, 0.25) is 5.91 Å². The van der Waals surface area contributed by atoms with E-state index < -0.39 is 4.92 Å². The van der Waals surface area contributed by atoms with E-state index >= 15 is 0 Å². The Morgan fingerprint density at radius 3 is 2.29 bits per heavy atom. The van der Waals surface area contributed by atoms with Gasteiger partial charge in [0, 0.05) is 24.2 Å². The van der Waals surface area contributed by atoms with Gasteiger partial charge in [-0.1, -0.05) is 6.92 Å². The number of amides is 1. The van der Waals surface area contributed by atoms with Gasteiger partial charge < -0.3 is 5.32 Å². The molecule has 1 amide bonds. The van der Waals surface area contributed by atoms with Crippen LogP contribution < -0.4 is 5.32 Å². The summed E-state index contributed by atoms with van der Waals surface area (Å²) >= 11 is 0. The SMILES string of the molecule is CCNC(=O)CN(CC)CC(=O)c1ccc([N+](=O)[O-])cc1. The summed E-state index contributed by atoms with van der Waals surface area (Å²) in [6, 6.07) is 5.46. The maximum absolute atomic E-state index is 12.1. The van der Waals surface area contributed by atoms with Gasteiger partial charge in [0.05, 0.1) is 18.0 Å². The normalized spacial score (nSPS) is 10.4. The van der Waals surface area contributed by atoms with Crippen molar-refractivity contribution in [3.05, 3.63) is 39.9 Å². The summed E-state index contributed by atoms with van der Waals surface area (Å²) in [5.41, 5.74) is 0.344. The Morgan fingerprint density at radius 1 is 1.19 bits per heavy atom. The largest absolute Gasteiger partial charge is 0.355 e. The molecule has 0 unspecified atom stereocenters. The minimum Gasteiger partial charge on any atom is -0.355 e. The second-order valence-corrected chi connectivity index (χ2v) is 4.48. The van der Waals surface area contributed by atoms with Crippen molar-refractivity contribution in [3.63, 3.8) is 0 Å². The molecule has 0 saturated heterocycles. The first-order chi connectivity index (χ1) is 9.97. The molecule has 0 fully saturated rings. The molecule has 0 aliphatic carbocycles. The molecule has 1 rings (SSSR count). The van der Waals surface area contributed by atoms with Crippen molar-refractivity contribution >= 4 is 17.4 Å². The van der Waals surface area contributed by atoms with E-state index in [0.717, 1.165) is 0 Å². The lowest BCUT2D eigenvalue weighted by Crippen LogP contribution is -2.39. The maximum atomic E-state index is 12.1. The fourth-order valence-corrected chi connectivity index (χ4v) is 1.80. The lowest BCUT2D eigenvalue weighted by molar-refractivity contribution is -0.384. The predicted molar refractivity (Wildman–Crippen MR) is 78.2 cm³/mol. The predicted octanol–water partition coefficient (Wildman–Crippen LogP) is 1.24. The van der Waals surface area contributed by atoms with Gasteiger partial charge in [-0.25, -0.2) is 0 Å². The summed E-state index contributed by atoms with van der Waals surface area (Å²) in [6.45, 7) is 5.07. The van der Waals surface area contributed by atoms with Crippen LogP contribution in [-0.4, -0.2) is 47.7 Å². The molecule has 0 aliphatic heterocycles. The molecule has 0 aromatic heterocycles. The number of nitro benzene ring substituents is 1. The Balaban J connectivity index is 2.65. The van der Waals surface area contributed by atoms with Crippen molar-refractivity contribution in [1.29, 1.82) is 0 Å². The molecule has 0 aliphatic rings. The fourth-order valence-electron chi connectivity index (χ4n) is 1.80. The molecule has 0 spiro atoms. The van der Waals surface area contributed by atoms with E-state index in [1.54, 1.807) is 4.90 Å². The highest BCUT2D eigenvalue weighted by Crippen LogP contribution is 2.12. The van der Waals surface area contributed by atoms with E-state index in [1.807, 2.05) is 13.8 Å². The van der Waals surface area contributed by atoms with Crippen LogP contribution in [0.4, 0.5) is 5.69 Å². The van der Waals surface area contributed by atoms with E-state index in [0.29, 0.717) is 18.7 Å². The van der Waals surface area contributed by atoms with Crippen LogP contribution in [0.1, 0.15) is 24.2 Å². The van der Waals surface area contributed by atoms with Gasteiger partial charge in [-0.15, -0.1) is 0 Å². The third kappa shape index (κ3) is 5.31. The molecule has 1 aromatic rings. The molecule has 21 heavy (non-hydrogen) atoms. The first kappa shape index (κ1) is 16.8. The monoisotopic (exact) mass is 293 g/mol. The van der Waals surface area contributed by atoms with Gasteiger partial charge in [-0.2, -0.15) is 0 Å². The average Bonchev–Trinajstić information content (AvgIpc) is 2.46. The zero-order valence-corrected chi connectivity index (χ0v) is 12.2. The fraction of sp³-hybridized carbons (Fsp3) is 0.429. The smallest absolute Gasteiger partial charge is 0.269 e. The van der Waals surface area contributed by atoms with Crippen LogP contribution in [0, 0.1) is 10.1 Å². The van der Waals surface area contributed by atoms with Crippen LogP contribution in [0.3, 0.4) is 0 Å². The zero-order valence-electron chi connectivity index (χ0n) is 12.2. The van der Waals surface area contributed by atoms with Crippen molar-refractivity contribution in [1.82, 2.24) is 10.2 Å². The lowest BCUT2D eigenvalue weighted by Gasteiger charge is -2.18. The lowest BCUT2D eigenvalue weighted by atomic mass is 10.1. The summed E-state index contributed by atoms with van der Waals surface area (Å²) in [7, 11) is 0. The number of benzene rings is 1. The molecule has 0 atom stereocenters. The van der Waals surface area contributed by atoms with E-state index in [1.165, 1.54) is 24.3 Å². The Hall–Kier alpha value is -2.28. The number of ketones is 1. The molecular weight excluding hydrogens is 274 g/mol. The quantitative estimate of drug-likeness (QED) is 0.442. The number of rotatable bonds is 8. The number of carbonyl (C=O) groups excluding carboxylic acids is 2. The van der Waals surface area contributed by atoms with E-state index in [9.17, 15) is 19.7 Å². The van der Waals surface area contributed by atoms with Crippen molar-refractivity contribution in [2.24, 2.45) is 0 Å². The number of nitrogens with one attached hydrogen (secondary N) is 1. The maximum Gasteiger partial charge on any atom is 0.269 e. The number of non-ortho nitro benzene ring substituents is 1. The zero-order chi connectivity index (χ0) is 15.8. The van der Waals surface area contributed by atoms with Crippen LogP contribution in [0.2, 0.25) is 0 Å². The summed E-state index contributed by atoms with van der Waals surface area (Å²) in [5, 5.41) is 13.2. The summed E-state index contributed by atoms with van der Waals surface area (Å²) in [6.07, 6.45) is 0. The average molecular weight is 293 g/mol. The second-order valence-electron chi connectivity index (χ2n) is 4.48. The Bertz CT molecular complexity index is 513. The Morgan fingerprint density at radius 2 is 1.81 bits per heavy atom. The minimum absolute atomic E-state index is 0.0544. The number of nitro groups is 1. The molecule has 0 heterocycles. The van der Waals surface area contributed by atoms with Gasteiger partial charge >= 0.3 is 0 Å². The van der Waals surface area contributed by atoms with Gasteiger partial charge in [-0.05, 0) is 25.6 Å². The Labute approximate surface area is 123 Å². The molecule has 0 radical (unpaired) electrons. The molecule has 114 valence electrons. The minimum atomic E-state index is -0.512. The van der Waals surface area contributed by atoms with E-state index in [-0.39, 0.29) is 30.5 Å². The molecule has 1 aromatic carbocycles. The number of carbonyl (C=O) groups is 2. The number of hydrogen-bond acceptors (Lipinski definition) is 5. The van der Waals surface area contributed by atoms with Crippen molar-refractivity contribution in [2.45, 2.75) is 13.8 Å². The molecular formula is C14H19N3O4. The van der Waals surface area contributed by atoms with Crippen molar-refractivity contribution < 1.29 is 14.5 Å². The number of likely N-dealkylation sites (N-methyl/N-ethyl adjacent to an activating group) is 2. The first-order valence-electron chi connectivity index (χ1n) is 6.74. The van der Waals surface area contributed by atoms with Crippen LogP contribution in [-0.2, 0) is 4.79 Å². The van der Waals surface area contributed by atoms with Crippen LogP contribution >= 0.6 is 0 Å². The second kappa shape index (κ2) is 8.11. The van der Waals surface area contributed by atoms with Gasteiger partial charge in [0.1, 0.15) is 0 Å². The van der Waals surface area contributed by atoms with Crippen LogP contribution in [0.25, 0.3) is 0 Å². The van der Waals surface area contributed by atoms with E-state index in [4.69, 9.17) is 0 Å². The molecule has 0 bridgehead atoms. The van der Waals surface area contributed by atoms with Crippen LogP contribution in [0.15, 0.2) is 24.3 Å². The van der Waals surface area contributed by atoms with Gasteiger partial charge in [0.15, 0.2) is 5.78 Å². The van der Waals surface area contributed by atoms with Crippen molar-refractivity contribution in [3.8, 4) is 0 Å². The Kier molecular flexibility index (Phi) is 6.48. The molecule has 1 N–H and O–H groups in total. The summed E-state index contributed by atoms with van der Waals surface area (Å²) in [4.78, 5) is 35.4. The molecule has 0 saturated carbocycles. The standard InChI is InChI=1S/C14H19N3O4/c1-3-15-14(19)10-16(4-2)9-13(18)11-5-7-12(8-6-11)17(20)21/h5-8H,3-4,9-10H2,1-2H3,(H,15,19). The number of Topliss-reactive ketones (excluding diaryl/α,β-unsaturated/α-hetero) is 1. The topological polar surface area (TPSA) is 92.6 Å². The molecule has 7 nitrogen and oxygen atoms in total. The summed E-state index contributed by atoms with van der Waals surface area (Å²) in [5.74, 6) is -0.299. The van der Waals surface area contributed by atoms with E-state index in [2.05, 4.69) is 5.32 Å². The highest BCUT2D eigenvalue weighted by atomic mass is 16.6. The highest BCUT2D eigenvalue weighted by Gasteiger charge is 2.15. The number of hydrogen-bond donors (Lipinski definition) is 1. The van der Waals surface area contributed by atoms with Gasteiger partial charge in [-0.3, -0.25) is 24.6 Å². The highest BCUT2D eigenvalue weighted by molar-refractivity contribution is 5.98. The molecule has 7 heteroatoms. The third-order valence-electron chi connectivity index (χ3n) is 2.96. The van der Waals surface area contributed by atoms with Crippen molar-refractivity contribution in [2.75, 3.05) is 26.2 Å². The van der Waals surface area contributed by atoms with Gasteiger partial charge in [0.25, 0.3) is 5.69 Å². The third-order valence-corrected chi connectivity index (χ3v) is 2.96. The summed E-state index contributed by atoms with van der Waals surface area (Å²) < 4.78 is 0.